The fourth-order valence-electron chi connectivity index (χ4n) is 2.55. The zero-order valence-electron chi connectivity index (χ0n) is 16.3. The molecule has 0 N–H and O–H groups in total. The molecule has 1 fully saturated rings. The topological polar surface area (TPSA) is 70.2 Å². The number of hydrogen-bond donors (Lipinski definition) is 0. The van der Waals surface area contributed by atoms with E-state index < -0.39 is 5.60 Å². The lowest BCUT2D eigenvalue weighted by Gasteiger charge is -2.35. The lowest BCUT2D eigenvalue weighted by Crippen LogP contribution is -2.51. The summed E-state index contributed by atoms with van der Waals surface area (Å²) in [5.41, 5.74) is -0.520. The van der Waals surface area contributed by atoms with Crippen LogP contribution >= 0.6 is 0 Å². The molecule has 0 radical (unpaired) electrons. The first-order valence-electron chi connectivity index (χ1n) is 9.13. The molecule has 0 spiro atoms. The molecule has 1 heterocycles. The largest absolute Gasteiger partial charge is 0.444 e. The summed E-state index contributed by atoms with van der Waals surface area (Å²) < 4.78 is 5.34. The van der Waals surface area contributed by atoms with Crippen LogP contribution in [0.4, 0.5) is 4.79 Å². The van der Waals surface area contributed by atoms with Gasteiger partial charge in [-0.15, -0.1) is 0 Å². The molecule has 7 nitrogen and oxygen atoms in total. The van der Waals surface area contributed by atoms with Crippen molar-refractivity contribution in [2.24, 2.45) is 0 Å². The third-order valence-corrected chi connectivity index (χ3v) is 4.11. The molecule has 1 rings (SSSR count). The van der Waals surface area contributed by atoms with Gasteiger partial charge < -0.3 is 19.4 Å². The van der Waals surface area contributed by atoms with Gasteiger partial charge in [-0.25, -0.2) is 4.79 Å². The number of unbranched alkanes of at least 4 members (excludes halogenated alkanes) is 1. The highest BCUT2D eigenvalue weighted by Crippen LogP contribution is 2.12. The summed E-state index contributed by atoms with van der Waals surface area (Å²) in [4.78, 5) is 41.3. The summed E-state index contributed by atoms with van der Waals surface area (Å²) in [7, 11) is 1.78. The summed E-state index contributed by atoms with van der Waals surface area (Å²) in [5, 5.41) is 0. The number of ether oxygens (including phenoxy) is 1. The van der Waals surface area contributed by atoms with E-state index in [2.05, 4.69) is 6.92 Å². The Balaban J connectivity index is 2.33. The van der Waals surface area contributed by atoms with Gasteiger partial charge in [0.25, 0.3) is 0 Å². The number of piperazine rings is 1. The first-order valence-corrected chi connectivity index (χ1v) is 9.13. The molecule has 0 aromatic rings. The number of carbonyl (C=O) groups excluding carboxylic acids is 3. The molecule has 1 aliphatic rings. The fraction of sp³-hybridized carbons (Fsp3) is 0.833. The van der Waals surface area contributed by atoms with Crippen molar-refractivity contribution in [1.29, 1.82) is 0 Å². The van der Waals surface area contributed by atoms with Crippen LogP contribution in [0.5, 0.6) is 0 Å². The Morgan fingerprint density at radius 1 is 1.00 bits per heavy atom. The van der Waals surface area contributed by atoms with E-state index in [0.29, 0.717) is 26.2 Å². The average Bonchev–Trinajstić information content (AvgIpc) is 2.55. The van der Waals surface area contributed by atoms with Gasteiger partial charge >= 0.3 is 6.09 Å². The average molecular weight is 355 g/mol. The van der Waals surface area contributed by atoms with Crippen LogP contribution in [0.25, 0.3) is 0 Å². The molecule has 0 bridgehead atoms. The van der Waals surface area contributed by atoms with Crippen molar-refractivity contribution >= 4 is 17.9 Å². The van der Waals surface area contributed by atoms with Crippen LogP contribution in [-0.4, -0.2) is 78.0 Å². The standard InChI is InChI=1S/C18H33N3O4/c1-6-7-10-19(5)15(22)8-9-16(23)20-11-13-21(14-12-20)17(24)25-18(2,3)4/h6-14H2,1-5H3. The van der Waals surface area contributed by atoms with Crippen LogP contribution in [0.3, 0.4) is 0 Å². The second kappa shape index (κ2) is 9.63. The predicted molar refractivity (Wildman–Crippen MR) is 96.2 cm³/mol. The molecule has 3 amide bonds. The second-order valence-electron chi connectivity index (χ2n) is 7.52. The van der Waals surface area contributed by atoms with Crippen LogP contribution in [-0.2, 0) is 14.3 Å². The van der Waals surface area contributed by atoms with E-state index in [-0.39, 0.29) is 30.7 Å². The van der Waals surface area contributed by atoms with E-state index in [1.807, 2.05) is 20.8 Å². The first-order chi connectivity index (χ1) is 11.6. The fourth-order valence-corrected chi connectivity index (χ4v) is 2.55. The maximum absolute atomic E-state index is 12.3. The van der Waals surface area contributed by atoms with Gasteiger partial charge in [-0.1, -0.05) is 13.3 Å². The minimum atomic E-state index is -0.520. The zero-order valence-corrected chi connectivity index (χ0v) is 16.3. The number of carbonyl (C=O) groups is 3. The molecular weight excluding hydrogens is 322 g/mol. The second-order valence-corrected chi connectivity index (χ2v) is 7.52. The van der Waals surface area contributed by atoms with Crippen LogP contribution < -0.4 is 0 Å². The summed E-state index contributed by atoms with van der Waals surface area (Å²) in [6.07, 6.45) is 2.14. The van der Waals surface area contributed by atoms with Crippen molar-refractivity contribution in [1.82, 2.24) is 14.7 Å². The predicted octanol–water partition coefficient (Wildman–Crippen LogP) is 2.10. The van der Waals surface area contributed by atoms with E-state index in [9.17, 15) is 14.4 Å². The number of nitrogens with zero attached hydrogens (tertiary/aromatic N) is 3. The molecular formula is C18H33N3O4. The van der Waals surface area contributed by atoms with Crippen molar-refractivity contribution in [3.8, 4) is 0 Å². The summed E-state index contributed by atoms with van der Waals surface area (Å²) in [6.45, 7) is 10.2. The smallest absolute Gasteiger partial charge is 0.410 e. The molecule has 0 saturated carbocycles. The molecule has 7 heteroatoms. The maximum Gasteiger partial charge on any atom is 0.410 e. The SMILES string of the molecule is CCCCN(C)C(=O)CCC(=O)N1CCN(C(=O)OC(C)(C)C)CC1. The van der Waals surface area contributed by atoms with Gasteiger partial charge in [0, 0.05) is 52.6 Å². The molecule has 25 heavy (non-hydrogen) atoms. The Morgan fingerprint density at radius 3 is 2.08 bits per heavy atom. The van der Waals surface area contributed by atoms with Gasteiger partial charge in [-0.2, -0.15) is 0 Å². The first kappa shape index (κ1) is 21.3. The minimum absolute atomic E-state index is 0.00851. The normalized spacial score (nSPS) is 15.1. The third kappa shape index (κ3) is 7.75. The molecule has 0 aromatic heterocycles. The van der Waals surface area contributed by atoms with E-state index in [0.717, 1.165) is 19.4 Å². The lowest BCUT2D eigenvalue weighted by molar-refractivity contribution is -0.137. The highest BCUT2D eigenvalue weighted by Gasteiger charge is 2.27. The monoisotopic (exact) mass is 355 g/mol. The van der Waals surface area contributed by atoms with Crippen LogP contribution in [0.2, 0.25) is 0 Å². The number of rotatable bonds is 6. The van der Waals surface area contributed by atoms with E-state index in [4.69, 9.17) is 4.74 Å². The lowest BCUT2D eigenvalue weighted by atomic mass is 10.2. The van der Waals surface area contributed by atoms with Gasteiger partial charge in [0.2, 0.25) is 11.8 Å². The third-order valence-electron chi connectivity index (χ3n) is 4.11. The van der Waals surface area contributed by atoms with E-state index in [1.165, 1.54) is 0 Å². The number of hydrogen-bond acceptors (Lipinski definition) is 4. The quantitative estimate of drug-likeness (QED) is 0.732. The molecule has 1 saturated heterocycles. The highest BCUT2D eigenvalue weighted by atomic mass is 16.6. The van der Waals surface area contributed by atoms with Crippen molar-refractivity contribution in [2.75, 3.05) is 39.8 Å². The summed E-state index contributed by atoms with van der Waals surface area (Å²) in [5.74, 6) is -0.0183. The molecule has 0 unspecified atom stereocenters. The molecule has 1 aliphatic heterocycles. The van der Waals surface area contributed by atoms with E-state index >= 15 is 0 Å². The van der Waals surface area contributed by atoms with E-state index in [1.54, 1.807) is 21.7 Å². The van der Waals surface area contributed by atoms with Crippen molar-refractivity contribution < 1.29 is 19.1 Å². The van der Waals surface area contributed by atoms with Crippen LogP contribution in [0, 0.1) is 0 Å². The molecule has 0 atom stereocenters. The van der Waals surface area contributed by atoms with Crippen LogP contribution in [0.1, 0.15) is 53.4 Å². The van der Waals surface area contributed by atoms with Crippen molar-refractivity contribution in [3.63, 3.8) is 0 Å². The van der Waals surface area contributed by atoms with Gasteiger partial charge in [0.05, 0.1) is 0 Å². The van der Waals surface area contributed by atoms with Gasteiger partial charge in [0.15, 0.2) is 0 Å². The highest BCUT2D eigenvalue weighted by molar-refractivity contribution is 5.84. The Morgan fingerprint density at radius 2 is 1.56 bits per heavy atom. The van der Waals surface area contributed by atoms with Gasteiger partial charge in [-0.3, -0.25) is 9.59 Å². The maximum atomic E-state index is 12.3. The van der Waals surface area contributed by atoms with Crippen LogP contribution in [0.15, 0.2) is 0 Å². The molecule has 144 valence electrons. The Labute approximate surface area is 151 Å². The van der Waals surface area contributed by atoms with Gasteiger partial charge in [-0.05, 0) is 27.2 Å². The Kier molecular flexibility index (Phi) is 8.19. The van der Waals surface area contributed by atoms with Crippen molar-refractivity contribution in [2.45, 2.75) is 59.0 Å². The Bertz CT molecular complexity index is 465. The summed E-state index contributed by atoms with van der Waals surface area (Å²) in [6, 6.07) is 0. The molecule has 0 aromatic carbocycles. The van der Waals surface area contributed by atoms with Gasteiger partial charge in [0.1, 0.15) is 5.60 Å². The zero-order chi connectivity index (χ0) is 19.0. The number of amides is 3. The van der Waals surface area contributed by atoms with Crippen molar-refractivity contribution in [3.05, 3.63) is 0 Å². The summed E-state index contributed by atoms with van der Waals surface area (Å²) >= 11 is 0. The Hall–Kier alpha value is -1.79. The minimum Gasteiger partial charge on any atom is -0.444 e. The molecule has 0 aliphatic carbocycles.